The molecule has 3 aromatic heterocycles. The number of nitrogens with two attached hydrogens (primary N) is 2. The van der Waals surface area contributed by atoms with Crippen molar-refractivity contribution in [2.24, 2.45) is 5.73 Å². The third-order valence-corrected chi connectivity index (χ3v) is 4.87. The van der Waals surface area contributed by atoms with Crippen molar-refractivity contribution in [1.29, 1.82) is 0 Å². The molecule has 0 radical (unpaired) electrons. The number of nitrogens with zero attached hydrogens (tertiary/aromatic N) is 4. The summed E-state index contributed by atoms with van der Waals surface area (Å²) >= 11 is 0. The first-order chi connectivity index (χ1) is 15.0. The van der Waals surface area contributed by atoms with Gasteiger partial charge in [-0.2, -0.15) is 10.1 Å². The van der Waals surface area contributed by atoms with E-state index in [9.17, 15) is 4.79 Å². The van der Waals surface area contributed by atoms with Gasteiger partial charge in [0.25, 0.3) is 5.91 Å². The summed E-state index contributed by atoms with van der Waals surface area (Å²) in [5.74, 6) is -0.725. The van der Waals surface area contributed by atoms with Gasteiger partial charge in [-0.05, 0) is 43.3 Å². The van der Waals surface area contributed by atoms with Crippen LogP contribution in [0, 0.1) is 6.92 Å². The first-order valence-electron chi connectivity index (χ1n) is 9.63. The lowest BCUT2D eigenvalue weighted by Gasteiger charge is -2.15. The van der Waals surface area contributed by atoms with E-state index in [1.165, 1.54) is 0 Å². The molecule has 0 bridgehead atoms. The fourth-order valence-corrected chi connectivity index (χ4v) is 3.36. The summed E-state index contributed by atoms with van der Waals surface area (Å²) in [7, 11) is 1.83. The number of carbonyl (C=O) groups is 1. The Bertz CT molecular complexity index is 1270. The summed E-state index contributed by atoms with van der Waals surface area (Å²) < 4.78 is 5.55. The van der Waals surface area contributed by atoms with Gasteiger partial charge >= 0.3 is 6.01 Å². The Labute approximate surface area is 178 Å². The SMILES string of the molecule is CNCCOc1nccc(-c2cc(-c3c(C)ccc4[nH]ncc34)c(N)c(C(N)=O)n2)n1. The summed E-state index contributed by atoms with van der Waals surface area (Å²) in [6.07, 6.45) is 3.29. The Kier molecular flexibility index (Phi) is 5.46. The second kappa shape index (κ2) is 8.36. The molecule has 4 rings (SSSR count). The van der Waals surface area contributed by atoms with E-state index in [0.717, 1.165) is 22.0 Å². The smallest absolute Gasteiger partial charge is 0.316 e. The first-order valence-corrected chi connectivity index (χ1v) is 9.63. The van der Waals surface area contributed by atoms with Gasteiger partial charge < -0.3 is 21.5 Å². The number of aromatic amines is 1. The number of hydrogen-bond donors (Lipinski definition) is 4. The number of aryl methyl sites for hydroxylation is 1. The van der Waals surface area contributed by atoms with Crippen LogP contribution in [-0.2, 0) is 0 Å². The average molecular weight is 418 g/mol. The molecule has 0 saturated carbocycles. The van der Waals surface area contributed by atoms with Crippen molar-refractivity contribution >= 4 is 22.5 Å². The Morgan fingerprint density at radius 2 is 2.06 bits per heavy atom. The molecule has 0 saturated heterocycles. The lowest BCUT2D eigenvalue weighted by atomic mass is 9.94. The van der Waals surface area contributed by atoms with Crippen LogP contribution in [0.4, 0.5) is 5.69 Å². The average Bonchev–Trinajstić information content (AvgIpc) is 3.23. The van der Waals surface area contributed by atoms with Crippen LogP contribution in [0.25, 0.3) is 33.4 Å². The van der Waals surface area contributed by atoms with Crippen LogP contribution in [0.2, 0.25) is 0 Å². The topological polar surface area (TPSA) is 158 Å². The third-order valence-electron chi connectivity index (χ3n) is 4.87. The van der Waals surface area contributed by atoms with Crippen LogP contribution in [-0.4, -0.2) is 51.3 Å². The van der Waals surface area contributed by atoms with Gasteiger partial charge in [-0.15, -0.1) is 0 Å². The van der Waals surface area contributed by atoms with Crippen molar-refractivity contribution in [1.82, 2.24) is 30.5 Å². The van der Waals surface area contributed by atoms with Crippen LogP contribution in [0.5, 0.6) is 6.01 Å². The normalized spacial score (nSPS) is 11.0. The van der Waals surface area contributed by atoms with Crippen LogP contribution in [0.3, 0.4) is 0 Å². The van der Waals surface area contributed by atoms with E-state index in [1.807, 2.05) is 26.1 Å². The molecule has 0 aliphatic heterocycles. The number of rotatable bonds is 7. The number of aromatic nitrogens is 5. The number of ether oxygens (including phenoxy) is 1. The third kappa shape index (κ3) is 3.88. The molecule has 0 spiro atoms. The van der Waals surface area contributed by atoms with Gasteiger partial charge in [0.05, 0.1) is 28.8 Å². The Hall–Kier alpha value is -4.05. The summed E-state index contributed by atoms with van der Waals surface area (Å²) in [5, 5.41) is 10.9. The molecule has 4 aromatic rings. The fourth-order valence-electron chi connectivity index (χ4n) is 3.36. The van der Waals surface area contributed by atoms with Gasteiger partial charge in [0.2, 0.25) is 0 Å². The van der Waals surface area contributed by atoms with Crippen LogP contribution in [0.1, 0.15) is 16.1 Å². The maximum atomic E-state index is 12.1. The predicted molar refractivity (Wildman–Crippen MR) is 117 cm³/mol. The van der Waals surface area contributed by atoms with E-state index in [0.29, 0.717) is 30.1 Å². The highest BCUT2D eigenvalue weighted by molar-refractivity contribution is 6.05. The second-order valence-electron chi connectivity index (χ2n) is 6.95. The summed E-state index contributed by atoms with van der Waals surface area (Å²) in [5.41, 5.74) is 16.3. The van der Waals surface area contributed by atoms with Gasteiger partial charge in [-0.3, -0.25) is 9.89 Å². The Morgan fingerprint density at radius 1 is 1.23 bits per heavy atom. The fraction of sp³-hybridized carbons (Fsp3) is 0.190. The van der Waals surface area contributed by atoms with Crippen LogP contribution in [0.15, 0.2) is 36.7 Å². The number of nitrogens with one attached hydrogen (secondary N) is 2. The standard InChI is InChI=1S/C21H22N8O2/c1-11-3-4-14-13(10-26-29-14)17(11)12-9-16(27-19(18(12)22)20(23)30)15-5-6-25-21(28-15)31-8-7-24-2/h3-6,9-10,24H,7-8,22H2,1-2H3,(H2,23,30)(H,26,29). The van der Waals surface area contributed by atoms with Crippen molar-refractivity contribution in [3.05, 3.63) is 47.9 Å². The minimum Gasteiger partial charge on any atom is -0.462 e. The van der Waals surface area contributed by atoms with Gasteiger partial charge in [0.15, 0.2) is 5.69 Å². The van der Waals surface area contributed by atoms with Gasteiger partial charge in [-0.1, -0.05) is 6.07 Å². The number of primary amides is 1. The minimum absolute atomic E-state index is 0.0244. The monoisotopic (exact) mass is 418 g/mol. The highest BCUT2D eigenvalue weighted by atomic mass is 16.5. The van der Waals surface area contributed by atoms with E-state index >= 15 is 0 Å². The van der Waals surface area contributed by atoms with E-state index in [-0.39, 0.29) is 17.4 Å². The number of fused-ring (bicyclic) bond motifs is 1. The molecule has 10 nitrogen and oxygen atoms in total. The number of amides is 1. The molecule has 0 aliphatic carbocycles. The highest BCUT2D eigenvalue weighted by Gasteiger charge is 2.20. The molecule has 6 N–H and O–H groups in total. The number of anilines is 1. The zero-order chi connectivity index (χ0) is 22.0. The number of nitrogen functional groups attached to an aromatic ring is 1. The molecule has 31 heavy (non-hydrogen) atoms. The molecule has 0 atom stereocenters. The zero-order valence-corrected chi connectivity index (χ0v) is 17.1. The summed E-state index contributed by atoms with van der Waals surface area (Å²) in [4.78, 5) is 25.0. The molecule has 10 heteroatoms. The molecular formula is C21H22N8O2. The van der Waals surface area contributed by atoms with Crippen molar-refractivity contribution in [2.45, 2.75) is 6.92 Å². The van der Waals surface area contributed by atoms with Gasteiger partial charge in [0, 0.05) is 23.7 Å². The molecule has 0 unspecified atom stereocenters. The summed E-state index contributed by atoms with van der Waals surface area (Å²) in [6.45, 7) is 3.02. The van der Waals surface area contributed by atoms with Crippen molar-refractivity contribution in [3.8, 4) is 28.5 Å². The molecule has 1 aromatic carbocycles. The molecule has 158 valence electrons. The molecule has 3 heterocycles. The summed E-state index contributed by atoms with van der Waals surface area (Å²) in [6, 6.07) is 7.58. The van der Waals surface area contributed by atoms with E-state index in [2.05, 4.69) is 30.5 Å². The molecule has 0 fully saturated rings. The number of benzene rings is 1. The Balaban J connectivity index is 1.89. The van der Waals surface area contributed by atoms with Gasteiger partial charge in [0.1, 0.15) is 6.61 Å². The van der Waals surface area contributed by atoms with E-state index < -0.39 is 5.91 Å². The van der Waals surface area contributed by atoms with Crippen LogP contribution < -0.4 is 21.5 Å². The van der Waals surface area contributed by atoms with Crippen molar-refractivity contribution < 1.29 is 9.53 Å². The number of likely N-dealkylation sites (N-methyl/N-ethyl adjacent to an activating group) is 1. The lowest BCUT2D eigenvalue weighted by Crippen LogP contribution is -2.17. The van der Waals surface area contributed by atoms with Gasteiger partial charge in [-0.25, -0.2) is 9.97 Å². The molecule has 0 aliphatic rings. The number of pyridine rings is 1. The highest BCUT2D eigenvalue weighted by Crippen LogP contribution is 2.37. The minimum atomic E-state index is -0.725. The van der Waals surface area contributed by atoms with Crippen LogP contribution >= 0.6 is 0 Å². The zero-order valence-electron chi connectivity index (χ0n) is 17.1. The molecule has 1 amide bonds. The quantitative estimate of drug-likeness (QED) is 0.330. The first kappa shape index (κ1) is 20.2. The molecular weight excluding hydrogens is 396 g/mol. The maximum absolute atomic E-state index is 12.1. The second-order valence-corrected chi connectivity index (χ2v) is 6.95. The van der Waals surface area contributed by atoms with E-state index in [4.69, 9.17) is 16.2 Å². The largest absolute Gasteiger partial charge is 0.462 e. The van der Waals surface area contributed by atoms with Crippen molar-refractivity contribution in [3.63, 3.8) is 0 Å². The van der Waals surface area contributed by atoms with Crippen molar-refractivity contribution in [2.75, 3.05) is 25.9 Å². The number of carbonyl (C=O) groups excluding carboxylic acids is 1. The Morgan fingerprint density at radius 3 is 2.84 bits per heavy atom. The maximum Gasteiger partial charge on any atom is 0.316 e. The number of H-pyrrole nitrogens is 1. The predicted octanol–water partition coefficient (Wildman–Crippen LogP) is 1.67. The lowest BCUT2D eigenvalue weighted by molar-refractivity contribution is 0.0996. The number of hydrogen-bond acceptors (Lipinski definition) is 8. The van der Waals surface area contributed by atoms with E-state index in [1.54, 1.807) is 24.5 Å².